The second kappa shape index (κ2) is 10.6. The van der Waals surface area contributed by atoms with Gasteiger partial charge in [0, 0.05) is 56.1 Å². The molecule has 0 aromatic heterocycles. The highest BCUT2D eigenvalue weighted by Crippen LogP contribution is 2.27. The Labute approximate surface area is 191 Å². The lowest BCUT2D eigenvalue weighted by atomic mass is 9.94. The minimum Gasteiger partial charge on any atom is -0.377 e. The van der Waals surface area contributed by atoms with E-state index in [0.717, 1.165) is 17.8 Å². The van der Waals surface area contributed by atoms with Gasteiger partial charge < -0.3 is 20.0 Å². The van der Waals surface area contributed by atoms with Crippen molar-refractivity contribution < 1.29 is 14.0 Å². The van der Waals surface area contributed by atoms with E-state index >= 15 is 0 Å². The molecule has 0 fully saturated rings. The molecule has 0 bridgehead atoms. The molecular formula is C25H35FN4O2. The monoisotopic (exact) mass is 442 g/mol. The zero-order valence-corrected chi connectivity index (χ0v) is 20.2. The topological polar surface area (TPSA) is 55.9 Å². The first-order chi connectivity index (χ1) is 14.9. The SMILES string of the molecule is CN(C)CCN(Cc1cc(NC(=O)c2cccc(F)c2)ccc1N(C)C)C(=O)C(C)(C)C. The average molecular weight is 443 g/mol. The standard InChI is InChI=1S/C25H35FN4O2/c1-25(2,3)24(32)30(14-13-28(4)5)17-19-16-21(11-12-22(19)29(6)7)27-23(31)18-9-8-10-20(26)15-18/h8-12,15-16H,13-14,17H2,1-7H3,(H,27,31). The minimum absolute atomic E-state index is 0.0678. The first kappa shape index (κ1) is 25.3. The third kappa shape index (κ3) is 7.05. The molecule has 7 heteroatoms. The van der Waals surface area contributed by atoms with Crippen LogP contribution in [0.3, 0.4) is 0 Å². The van der Waals surface area contributed by atoms with E-state index in [-0.39, 0.29) is 17.4 Å². The zero-order chi connectivity index (χ0) is 24.1. The summed E-state index contributed by atoms with van der Waals surface area (Å²) in [7, 11) is 7.85. The van der Waals surface area contributed by atoms with Gasteiger partial charge in [-0.3, -0.25) is 9.59 Å². The fourth-order valence-electron chi connectivity index (χ4n) is 3.31. The van der Waals surface area contributed by atoms with Crippen molar-refractivity contribution in [1.82, 2.24) is 9.80 Å². The number of nitrogens with zero attached hydrogens (tertiary/aromatic N) is 3. The van der Waals surface area contributed by atoms with Crippen LogP contribution in [0.4, 0.5) is 15.8 Å². The van der Waals surface area contributed by atoms with Crippen molar-refractivity contribution in [3.8, 4) is 0 Å². The van der Waals surface area contributed by atoms with Crippen molar-refractivity contribution in [2.75, 3.05) is 51.5 Å². The van der Waals surface area contributed by atoms with E-state index in [1.807, 2.05) is 81.9 Å². The summed E-state index contributed by atoms with van der Waals surface area (Å²) < 4.78 is 13.5. The van der Waals surface area contributed by atoms with Crippen molar-refractivity contribution in [3.05, 3.63) is 59.4 Å². The third-order valence-electron chi connectivity index (χ3n) is 5.01. The van der Waals surface area contributed by atoms with E-state index in [2.05, 4.69) is 5.32 Å². The lowest BCUT2D eigenvalue weighted by Gasteiger charge is -2.32. The van der Waals surface area contributed by atoms with Gasteiger partial charge in [-0.15, -0.1) is 0 Å². The van der Waals surface area contributed by atoms with Crippen molar-refractivity contribution in [1.29, 1.82) is 0 Å². The molecule has 2 aromatic rings. The number of benzene rings is 2. The van der Waals surface area contributed by atoms with Crippen LogP contribution in [-0.2, 0) is 11.3 Å². The highest BCUT2D eigenvalue weighted by Gasteiger charge is 2.28. The quantitative estimate of drug-likeness (QED) is 0.669. The van der Waals surface area contributed by atoms with Crippen LogP contribution < -0.4 is 10.2 Å². The molecular weight excluding hydrogens is 407 g/mol. The second-order valence-electron chi connectivity index (χ2n) is 9.48. The van der Waals surface area contributed by atoms with Crippen LogP contribution in [0.5, 0.6) is 0 Å². The summed E-state index contributed by atoms with van der Waals surface area (Å²) in [4.78, 5) is 31.6. The van der Waals surface area contributed by atoms with Crippen LogP contribution >= 0.6 is 0 Å². The third-order valence-corrected chi connectivity index (χ3v) is 5.01. The number of anilines is 2. The molecule has 1 N–H and O–H groups in total. The molecule has 0 saturated carbocycles. The van der Waals surface area contributed by atoms with Gasteiger partial charge in [0.15, 0.2) is 0 Å². The van der Waals surface area contributed by atoms with Gasteiger partial charge in [-0.05, 0) is 56.1 Å². The molecule has 0 heterocycles. The van der Waals surface area contributed by atoms with Gasteiger partial charge in [0.25, 0.3) is 5.91 Å². The normalized spacial score (nSPS) is 11.4. The molecule has 174 valence electrons. The number of nitrogens with one attached hydrogen (secondary N) is 1. The predicted molar refractivity (Wildman–Crippen MR) is 129 cm³/mol. The Bertz CT molecular complexity index is 951. The Morgan fingerprint density at radius 3 is 2.22 bits per heavy atom. The molecule has 6 nitrogen and oxygen atoms in total. The Kier molecular flexibility index (Phi) is 8.38. The maximum Gasteiger partial charge on any atom is 0.255 e. The van der Waals surface area contributed by atoms with Gasteiger partial charge in [-0.1, -0.05) is 26.8 Å². The lowest BCUT2D eigenvalue weighted by molar-refractivity contribution is -0.140. The van der Waals surface area contributed by atoms with Crippen LogP contribution in [0.25, 0.3) is 0 Å². The molecule has 32 heavy (non-hydrogen) atoms. The number of halogens is 1. The van der Waals surface area contributed by atoms with E-state index in [9.17, 15) is 14.0 Å². The Balaban J connectivity index is 2.34. The van der Waals surface area contributed by atoms with Crippen LogP contribution in [0.1, 0.15) is 36.7 Å². The summed E-state index contributed by atoms with van der Waals surface area (Å²) in [6, 6.07) is 11.2. The summed E-state index contributed by atoms with van der Waals surface area (Å²) >= 11 is 0. The van der Waals surface area contributed by atoms with Gasteiger partial charge in [0.2, 0.25) is 5.91 Å². The van der Waals surface area contributed by atoms with E-state index in [1.165, 1.54) is 18.2 Å². The molecule has 0 unspecified atom stereocenters. The van der Waals surface area contributed by atoms with Crippen molar-refractivity contribution in [2.45, 2.75) is 27.3 Å². The number of amides is 2. The molecule has 0 saturated heterocycles. The van der Waals surface area contributed by atoms with E-state index in [1.54, 1.807) is 6.07 Å². The highest BCUT2D eigenvalue weighted by atomic mass is 19.1. The fourth-order valence-corrected chi connectivity index (χ4v) is 3.31. The first-order valence-corrected chi connectivity index (χ1v) is 10.7. The van der Waals surface area contributed by atoms with Crippen LogP contribution in [0.15, 0.2) is 42.5 Å². The van der Waals surface area contributed by atoms with Crippen LogP contribution in [-0.4, -0.2) is 62.9 Å². The Hall–Kier alpha value is -2.93. The smallest absolute Gasteiger partial charge is 0.255 e. The number of carbonyl (C=O) groups is 2. The van der Waals surface area contributed by atoms with E-state index in [0.29, 0.717) is 18.8 Å². The number of rotatable bonds is 8. The molecule has 0 aliphatic carbocycles. The summed E-state index contributed by atoms with van der Waals surface area (Å²) in [6.07, 6.45) is 0. The first-order valence-electron chi connectivity index (χ1n) is 10.7. The fraction of sp³-hybridized carbons (Fsp3) is 0.440. The van der Waals surface area contributed by atoms with Gasteiger partial charge in [0.1, 0.15) is 5.82 Å². The minimum atomic E-state index is -0.506. The van der Waals surface area contributed by atoms with Crippen LogP contribution in [0, 0.1) is 11.2 Å². The van der Waals surface area contributed by atoms with Crippen molar-refractivity contribution in [3.63, 3.8) is 0 Å². The predicted octanol–water partition coefficient (Wildman–Crippen LogP) is 4.08. The van der Waals surface area contributed by atoms with Gasteiger partial charge in [-0.2, -0.15) is 0 Å². The molecule has 0 spiro atoms. The maximum absolute atomic E-state index is 13.5. The highest BCUT2D eigenvalue weighted by molar-refractivity contribution is 6.04. The number of carbonyl (C=O) groups excluding carboxylic acids is 2. The zero-order valence-electron chi connectivity index (χ0n) is 20.2. The lowest BCUT2D eigenvalue weighted by Crippen LogP contribution is -2.42. The number of likely N-dealkylation sites (N-methyl/N-ethyl adjacent to an activating group) is 1. The summed E-state index contributed by atoms with van der Waals surface area (Å²) in [6.45, 7) is 7.51. The second-order valence-corrected chi connectivity index (χ2v) is 9.48. The molecule has 2 aromatic carbocycles. The Morgan fingerprint density at radius 2 is 1.66 bits per heavy atom. The molecule has 0 aliphatic heterocycles. The number of hydrogen-bond donors (Lipinski definition) is 1. The average Bonchev–Trinajstić information content (AvgIpc) is 2.69. The molecule has 0 aliphatic rings. The molecule has 2 amide bonds. The number of hydrogen-bond acceptors (Lipinski definition) is 4. The largest absolute Gasteiger partial charge is 0.377 e. The van der Waals surface area contributed by atoms with Crippen molar-refractivity contribution in [2.24, 2.45) is 5.41 Å². The van der Waals surface area contributed by atoms with E-state index in [4.69, 9.17) is 0 Å². The summed E-state index contributed by atoms with van der Waals surface area (Å²) in [5.41, 5.74) is 2.22. The van der Waals surface area contributed by atoms with Gasteiger partial charge >= 0.3 is 0 Å². The Morgan fingerprint density at radius 1 is 0.969 bits per heavy atom. The van der Waals surface area contributed by atoms with Gasteiger partial charge in [-0.25, -0.2) is 4.39 Å². The summed E-state index contributed by atoms with van der Waals surface area (Å²) in [5.74, 6) is -0.778. The molecule has 0 radical (unpaired) electrons. The van der Waals surface area contributed by atoms with E-state index < -0.39 is 11.2 Å². The summed E-state index contributed by atoms with van der Waals surface area (Å²) in [5, 5.41) is 2.84. The van der Waals surface area contributed by atoms with Gasteiger partial charge in [0.05, 0.1) is 0 Å². The van der Waals surface area contributed by atoms with Crippen molar-refractivity contribution >= 4 is 23.2 Å². The maximum atomic E-state index is 13.5. The molecule has 0 atom stereocenters. The molecule has 2 rings (SSSR count). The van der Waals surface area contributed by atoms with Crippen LogP contribution in [0.2, 0.25) is 0 Å².